The van der Waals surface area contributed by atoms with Gasteiger partial charge in [-0.1, -0.05) is 66.7 Å². The maximum Gasteiger partial charge on any atom is 0.326 e. The van der Waals surface area contributed by atoms with E-state index in [0.717, 1.165) is 22.0 Å². The molecule has 4 aromatic rings. The minimum atomic E-state index is -1.24. The van der Waals surface area contributed by atoms with E-state index in [2.05, 4.69) is 26.3 Å². The van der Waals surface area contributed by atoms with Crippen molar-refractivity contribution in [3.8, 4) is 0 Å². The smallest absolute Gasteiger partial charge is 0.326 e. The number of rotatable bonds is 13. The Hall–Kier alpha value is -5.45. The first kappa shape index (κ1) is 31.5. The van der Waals surface area contributed by atoms with Crippen LogP contribution in [0.15, 0.2) is 91.1 Å². The van der Waals surface area contributed by atoms with E-state index in [1.54, 1.807) is 60.8 Å². The van der Waals surface area contributed by atoms with E-state index < -0.39 is 53.8 Å². The summed E-state index contributed by atoms with van der Waals surface area (Å²) in [6.45, 7) is 2.95. The second-order valence-electron chi connectivity index (χ2n) is 10.5. The van der Waals surface area contributed by atoms with Crippen LogP contribution in [0.2, 0.25) is 0 Å². The molecule has 11 heteroatoms. The molecule has 11 nitrogen and oxygen atoms in total. The maximum absolute atomic E-state index is 13.5. The minimum Gasteiger partial charge on any atom is -0.480 e. The van der Waals surface area contributed by atoms with E-state index in [1.165, 1.54) is 13.8 Å². The van der Waals surface area contributed by atoms with Crippen molar-refractivity contribution >= 4 is 40.5 Å². The van der Waals surface area contributed by atoms with Gasteiger partial charge in [-0.05, 0) is 43.2 Å². The molecule has 1 heterocycles. The predicted octanol–water partition coefficient (Wildman–Crippen LogP) is 2.33. The Morgan fingerprint density at radius 2 is 1.23 bits per heavy atom. The first-order valence-electron chi connectivity index (χ1n) is 14.2. The third kappa shape index (κ3) is 8.31. The normalized spacial score (nSPS) is 13.6. The number of nitrogens with one attached hydrogen (secondary N) is 5. The summed E-state index contributed by atoms with van der Waals surface area (Å²) in [5.74, 6) is -3.59. The van der Waals surface area contributed by atoms with Gasteiger partial charge in [0.1, 0.15) is 24.2 Å². The number of carbonyl (C=O) groups excluding carboxylic acids is 4. The highest BCUT2D eigenvalue weighted by molar-refractivity contribution is 5.98. The molecule has 0 saturated carbocycles. The number of amides is 4. The van der Waals surface area contributed by atoms with Crippen molar-refractivity contribution < 1.29 is 29.1 Å². The van der Waals surface area contributed by atoms with Gasteiger partial charge in [-0.3, -0.25) is 19.2 Å². The molecule has 0 aliphatic carbocycles. The number of para-hydroxylation sites is 1. The van der Waals surface area contributed by atoms with Gasteiger partial charge in [0.05, 0.1) is 0 Å². The summed E-state index contributed by atoms with van der Waals surface area (Å²) in [4.78, 5) is 67.2. The molecule has 228 valence electrons. The van der Waals surface area contributed by atoms with Crippen LogP contribution in [-0.4, -0.2) is 63.9 Å². The number of fused-ring (bicyclic) bond motifs is 1. The zero-order valence-electron chi connectivity index (χ0n) is 24.4. The van der Waals surface area contributed by atoms with Gasteiger partial charge in [-0.15, -0.1) is 0 Å². The highest BCUT2D eigenvalue weighted by atomic mass is 16.4. The number of carbonyl (C=O) groups is 5. The lowest BCUT2D eigenvalue weighted by molar-refractivity contribution is -0.142. The van der Waals surface area contributed by atoms with Gasteiger partial charge >= 0.3 is 5.97 Å². The lowest BCUT2D eigenvalue weighted by Gasteiger charge is -2.24. The van der Waals surface area contributed by atoms with Crippen molar-refractivity contribution in [3.63, 3.8) is 0 Å². The van der Waals surface area contributed by atoms with Crippen LogP contribution in [0, 0.1) is 0 Å². The van der Waals surface area contributed by atoms with Crippen molar-refractivity contribution in [1.82, 2.24) is 26.3 Å². The zero-order valence-corrected chi connectivity index (χ0v) is 24.4. The van der Waals surface area contributed by atoms with Gasteiger partial charge in [0.2, 0.25) is 17.7 Å². The monoisotopic (exact) mass is 597 g/mol. The molecule has 0 aliphatic heterocycles. The third-order valence-electron chi connectivity index (χ3n) is 7.16. The first-order valence-corrected chi connectivity index (χ1v) is 14.2. The fourth-order valence-electron chi connectivity index (χ4n) is 4.69. The number of hydrogen-bond acceptors (Lipinski definition) is 5. The third-order valence-corrected chi connectivity index (χ3v) is 7.16. The van der Waals surface area contributed by atoms with Crippen molar-refractivity contribution in [1.29, 1.82) is 0 Å². The Morgan fingerprint density at radius 3 is 1.91 bits per heavy atom. The Kier molecular flexibility index (Phi) is 10.5. The maximum atomic E-state index is 13.5. The summed E-state index contributed by atoms with van der Waals surface area (Å²) in [5.41, 5.74) is 2.69. The van der Waals surface area contributed by atoms with Crippen LogP contribution in [0.3, 0.4) is 0 Å². The number of benzene rings is 3. The average Bonchev–Trinajstić information content (AvgIpc) is 3.43. The lowest BCUT2D eigenvalue weighted by atomic mass is 10.0. The average molecular weight is 598 g/mol. The second-order valence-corrected chi connectivity index (χ2v) is 10.5. The summed E-state index contributed by atoms with van der Waals surface area (Å²) in [6.07, 6.45) is 1.84. The number of aliphatic carboxylic acids is 1. The van der Waals surface area contributed by atoms with Gasteiger partial charge < -0.3 is 31.4 Å². The largest absolute Gasteiger partial charge is 0.480 e. The molecule has 0 spiro atoms. The molecule has 0 saturated heterocycles. The predicted molar refractivity (Wildman–Crippen MR) is 165 cm³/mol. The summed E-state index contributed by atoms with van der Waals surface area (Å²) < 4.78 is 0. The van der Waals surface area contributed by atoms with Crippen LogP contribution in [0.1, 0.15) is 35.3 Å². The van der Waals surface area contributed by atoms with Crippen LogP contribution in [0.4, 0.5) is 0 Å². The van der Waals surface area contributed by atoms with Crippen molar-refractivity contribution in [2.45, 2.75) is 50.9 Å². The molecule has 0 fully saturated rings. The highest BCUT2D eigenvalue weighted by Gasteiger charge is 2.30. The number of H-pyrrole nitrogens is 1. The Balaban J connectivity index is 1.45. The van der Waals surface area contributed by atoms with E-state index in [0.29, 0.717) is 5.56 Å². The molecule has 1 aromatic heterocycles. The molecule has 0 radical (unpaired) electrons. The highest BCUT2D eigenvalue weighted by Crippen LogP contribution is 2.19. The van der Waals surface area contributed by atoms with Crippen molar-refractivity contribution in [2.75, 3.05) is 0 Å². The van der Waals surface area contributed by atoms with Crippen LogP contribution in [0.25, 0.3) is 10.9 Å². The van der Waals surface area contributed by atoms with Crippen LogP contribution >= 0.6 is 0 Å². The van der Waals surface area contributed by atoms with Gasteiger partial charge in [0, 0.05) is 35.5 Å². The molecule has 0 bridgehead atoms. The van der Waals surface area contributed by atoms with E-state index in [-0.39, 0.29) is 12.8 Å². The molecule has 6 N–H and O–H groups in total. The van der Waals surface area contributed by atoms with Gasteiger partial charge in [0.15, 0.2) is 0 Å². The Morgan fingerprint density at radius 1 is 0.659 bits per heavy atom. The van der Waals surface area contributed by atoms with Crippen LogP contribution in [-0.2, 0) is 32.0 Å². The molecule has 0 aliphatic rings. The number of aromatic amines is 1. The van der Waals surface area contributed by atoms with E-state index in [1.807, 2.05) is 30.3 Å². The number of carboxylic acids is 1. The van der Waals surface area contributed by atoms with Gasteiger partial charge in [-0.2, -0.15) is 0 Å². The van der Waals surface area contributed by atoms with Crippen LogP contribution in [0.5, 0.6) is 0 Å². The second kappa shape index (κ2) is 14.6. The molecule has 4 amide bonds. The molecule has 4 rings (SSSR count). The standard InChI is InChI=1S/C33H35N5O6/c1-20(36-31(41)23-13-7-4-8-14-23)29(39)35-21(2)30(40)37-27(18-24-19-34-26-16-10-9-15-25(24)26)32(42)38-28(33(43)44)17-22-11-5-3-6-12-22/h3-16,19-21,27-28,34H,17-18H2,1-2H3,(H,35,39)(H,36,41)(H,37,40)(H,38,42)(H,43,44)/t20-,21-,27+,28-/m0/s1. The summed E-state index contributed by atoms with van der Waals surface area (Å²) >= 11 is 0. The molecule has 4 atom stereocenters. The number of hydrogen-bond donors (Lipinski definition) is 6. The molecular weight excluding hydrogens is 562 g/mol. The topological polar surface area (TPSA) is 169 Å². The fourth-order valence-corrected chi connectivity index (χ4v) is 4.69. The minimum absolute atomic E-state index is 0.0503. The van der Waals surface area contributed by atoms with Gasteiger partial charge in [0.25, 0.3) is 5.91 Å². The molecular formula is C33H35N5O6. The number of carboxylic acid groups (broad SMARTS) is 1. The molecule has 0 unspecified atom stereocenters. The van der Waals surface area contributed by atoms with E-state index >= 15 is 0 Å². The SMILES string of the molecule is C[C@H](NC(=O)c1ccccc1)C(=O)N[C@@H](C)C(=O)N[C@H](Cc1c[nH]c2ccccc12)C(=O)N[C@@H](Cc1ccccc1)C(=O)O. The summed E-state index contributed by atoms with van der Waals surface area (Å²) in [6, 6.07) is 20.4. The molecule has 3 aromatic carbocycles. The fraction of sp³-hybridized carbons (Fsp3) is 0.242. The van der Waals surface area contributed by atoms with Gasteiger partial charge in [-0.25, -0.2) is 4.79 Å². The number of aromatic nitrogens is 1. The van der Waals surface area contributed by atoms with Crippen LogP contribution < -0.4 is 21.3 Å². The van der Waals surface area contributed by atoms with Crippen molar-refractivity contribution in [3.05, 3.63) is 108 Å². The first-order chi connectivity index (χ1) is 21.1. The Bertz CT molecular complexity index is 1620. The van der Waals surface area contributed by atoms with E-state index in [9.17, 15) is 29.1 Å². The lowest BCUT2D eigenvalue weighted by Crippen LogP contribution is -2.57. The summed E-state index contributed by atoms with van der Waals surface area (Å²) in [5, 5.41) is 21.1. The summed E-state index contributed by atoms with van der Waals surface area (Å²) in [7, 11) is 0. The quantitative estimate of drug-likeness (QED) is 0.138. The Labute approximate surface area is 254 Å². The van der Waals surface area contributed by atoms with Crippen molar-refractivity contribution in [2.24, 2.45) is 0 Å². The zero-order chi connectivity index (χ0) is 31.6. The molecule has 44 heavy (non-hydrogen) atoms. The van der Waals surface area contributed by atoms with E-state index in [4.69, 9.17) is 0 Å².